The Balaban J connectivity index is 0.00000140. The molecule has 3 heterocycles. The molecule has 1 atom stereocenters. The van der Waals surface area contributed by atoms with Gasteiger partial charge in [-0.05, 0) is 44.8 Å². The third-order valence-electron chi connectivity index (χ3n) is 6.49. The molecule has 1 aromatic rings. The molecule has 3 aliphatic heterocycles. The quantitative estimate of drug-likeness (QED) is 0.792. The predicted molar refractivity (Wildman–Crippen MR) is 118 cm³/mol. The number of hydrogen-bond donors (Lipinski definition) is 1. The van der Waals surface area contributed by atoms with Crippen molar-refractivity contribution in [2.75, 3.05) is 53.0 Å². The molecule has 0 saturated carbocycles. The lowest BCUT2D eigenvalue weighted by Crippen LogP contribution is -2.56. The summed E-state index contributed by atoms with van der Waals surface area (Å²) in [6.45, 7) is 8.78. The van der Waals surface area contributed by atoms with Gasteiger partial charge in [-0.3, -0.25) is 9.80 Å². The number of nitrogens with one attached hydrogen (secondary N) is 1. The van der Waals surface area contributed by atoms with Crippen LogP contribution in [0, 0.1) is 0 Å². The summed E-state index contributed by atoms with van der Waals surface area (Å²) in [5.74, 6) is 1.01. The Bertz CT molecular complexity index is 585. The van der Waals surface area contributed by atoms with Gasteiger partial charge in [-0.2, -0.15) is 0 Å². The number of benzene rings is 1. The van der Waals surface area contributed by atoms with Crippen molar-refractivity contribution in [2.24, 2.45) is 0 Å². The van der Waals surface area contributed by atoms with Gasteiger partial charge in [0, 0.05) is 50.9 Å². The van der Waals surface area contributed by atoms with Crippen LogP contribution >= 0.6 is 24.8 Å². The van der Waals surface area contributed by atoms with Crippen LogP contribution in [-0.4, -0.2) is 74.4 Å². The van der Waals surface area contributed by atoms with Crippen LogP contribution in [0.1, 0.15) is 31.2 Å². The maximum absolute atomic E-state index is 6.26. The summed E-state index contributed by atoms with van der Waals surface area (Å²) >= 11 is 0. The molecule has 28 heavy (non-hydrogen) atoms. The number of rotatable bonds is 4. The van der Waals surface area contributed by atoms with E-state index in [1.54, 1.807) is 7.11 Å². The van der Waals surface area contributed by atoms with Crippen LogP contribution in [0.25, 0.3) is 0 Å². The Morgan fingerprint density at radius 2 is 1.82 bits per heavy atom. The molecule has 0 amide bonds. The molecular formula is C21H35Cl2N3O2. The van der Waals surface area contributed by atoms with Crippen molar-refractivity contribution in [3.05, 3.63) is 29.8 Å². The Kier molecular flexibility index (Phi) is 9.32. The van der Waals surface area contributed by atoms with E-state index in [0.717, 1.165) is 45.1 Å². The molecule has 0 aromatic heterocycles. The zero-order valence-corrected chi connectivity index (χ0v) is 18.5. The van der Waals surface area contributed by atoms with E-state index in [0.29, 0.717) is 6.04 Å². The third kappa shape index (κ3) is 5.53. The second-order valence-corrected chi connectivity index (χ2v) is 8.05. The zero-order chi connectivity index (χ0) is 17.8. The van der Waals surface area contributed by atoms with Crippen molar-refractivity contribution in [3.63, 3.8) is 0 Å². The number of ether oxygens (including phenoxy) is 2. The minimum atomic E-state index is 0. The highest BCUT2D eigenvalue weighted by atomic mass is 35.5. The van der Waals surface area contributed by atoms with Gasteiger partial charge in [0.2, 0.25) is 0 Å². The molecule has 1 unspecified atom stereocenters. The molecule has 0 radical (unpaired) electrons. The van der Waals surface area contributed by atoms with Crippen molar-refractivity contribution in [3.8, 4) is 5.75 Å². The smallest absolute Gasteiger partial charge is 0.123 e. The first-order valence-electron chi connectivity index (χ1n) is 10.2. The van der Waals surface area contributed by atoms with Crippen molar-refractivity contribution in [1.82, 2.24) is 15.1 Å². The van der Waals surface area contributed by atoms with Crippen molar-refractivity contribution >= 4 is 24.8 Å². The van der Waals surface area contributed by atoms with Crippen LogP contribution in [0.4, 0.5) is 0 Å². The van der Waals surface area contributed by atoms with E-state index >= 15 is 0 Å². The fourth-order valence-corrected chi connectivity index (χ4v) is 4.91. The van der Waals surface area contributed by atoms with Crippen LogP contribution in [0.2, 0.25) is 0 Å². The van der Waals surface area contributed by atoms with E-state index in [1.807, 2.05) is 6.07 Å². The highest BCUT2D eigenvalue weighted by Gasteiger charge is 2.40. The lowest BCUT2D eigenvalue weighted by atomic mass is 9.82. The van der Waals surface area contributed by atoms with Crippen LogP contribution in [0.5, 0.6) is 5.75 Å². The molecule has 1 N–H and O–H groups in total. The number of nitrogens with zero attached hydrogens (tertiary/aromatic N) is 2. The van der Waals surface area contributed by atoms with Gasteiger partial charge in [-0.25, -0.2) is 0 Å². The summed E-state index contributed by atoms with van der Waals surface area (Å²) in [5, 5.41) is 3.48. The van der Waals surface area contributed by atoms with Crippen LogP contribution in [-0.2, 0) is 11.3 Å². The lowest BCUT2D eigenvalue weighted by Gasteiger charge is -2.48. The van der Waals surface area contributed by atoms with E-state index in [4.69, 9.17) is 9.47 Å². The Labute approximate surface area is 181 Å². The molecule has 5 nitrogen and oxygen atoms in total. The molecule has 3 saturated heterocycles. The zero-order valence-electron chi connectivity index (χ0n) is 16.9. The second kappa shape index (κ2) is 11.0. The summed E-state index contributed by atoms with van der Waals surface area (Å²) in [7, 11) is 1.76. The second-order valence-electron chi connectivity index (χ2n) is 8.05. The number of piperazine rings is 1. The molecular weight excluding hydrogens is 397 g/mol. The fourth-order valence-electron chi connectivity index (χ4n) is 4.91. The maximum Gasteiger partial charge on any atom is 0.123 e. The third-order valence-corrected chi connectivity index (χ3v) is 6.49. The first-order chi connectivity index (χ1) is 12.8. The summed E-state index contributed by atoms with van der Waals surface area (Å²) in [6.07, 6.45) is 4.78. The number of piperidine rings is 1. The topological polar surface area (TPSA) is 37.0 Å². The van der Waals surface area contributed by atoms with E-state index in [1.165, 1.54) is 44.3 Å². The first-order valence-corrected chi connectivity index (χ1v) is 10.2. The van der Waals surface area contributed by atoms with Crippen molar-refractivity contribution in [2.45, 2.75) is 43.9 Å². The van der Waals surface area contributed by atoms with Crippen LogP contribution in [0.3, 0.4) is 0 Å². The van der Waals surface area contributed by atoms with Gasteiger partial charge >= 0.3 is 0 Å². The van der Waals surface area contributed by atoms with E-state index in [-0.39, 0.29) is 30.4 Å². The lowest BCUT2D eigenvalue weighted by molar-refractivity contribution is -0.123. The average molecular weight is 432 g/mol. The van der Waals surface area contributed by atoms with Gasteiger partial charge in [0.15, 0.2) is 0 Å². The maximum atomic E-state index is 6.26. The SMILES string of the molecule is COc1ccccc1CN1CCN(C2CCOC3(CCNCC3)C2)CC1.Cl.Cl. The molecule has 1 aromatic carbocycles. The number of halogens is 2. The largest absolute Gasteiger partial charge is 0.496 e. The van der Waals surface area contributed by atoms with Crippen molar-refractivity contribution in [1.29, 1.82) is 0 Å². The molecule has 0 aliphatic carbocycles. The predicted octanol–water partition coefficient (Wildman–Crippen LogP) is 2.96. The Hall–Kier alpha value is -0.560. The van der Waals surface area contributed by atoms with Gasteiger partial charge in [-0.1, -0.05) is 18.2 Å². The molecule has 0 bridgehead atoms. The molecule has 3 aliphatic rings. The normalized spacial score (nSPS) is 25.5. The summed E-state index contributed by atoms with van der Waals surface area (Å²) < 4.78 is 11.8. The molecule has 1 spiro atoms. The molecule has 3 fully saturated rings. The van der Waals surface area contributed by atoms with Gasteiger partial charge < -0.3 is 14.8 Å². The number of para-hydroxylation sites is 1. The van der Waals surface area contributed by atoms with Gasteiger partial charge in [0.25, 0.3) is 0 Å². The van der Waals surface area contributed by atoms with Gasteiger partial charge in [-0.15, -0.1) is 24.8 Å². The van der Waals surface area contributed by atoms with Crippen molar-refractivity contribution < 1.29 is 9.47 Å². The van der Waals surface area contributed by atoms with Gasteiger partial charge in [0.05, 0.1) is 12.7 Å². The highest BCUT2D eigenvalue weighted by Crippen LogP contribution is 2.35. The van der Waals surface area contributed by atoms with Crippen LogP contribution < -0.4 is 10.1 Å². The minimum absolute atomic E-state index is 0. The minimum Gasteiger partial charge on any atom is -0.496 e. The fraction of sp³-hybridized carbons (Fsp3) is 0.714. The van der Waals surface area contributed by atoms with E-state index in [9.17, 15) is 0 Å². The summed E-state index contributed by atoms with van der Waals surface area (Å²) in [4.78, 5) is 5.29. The summed E-state index contributed by atoms with van der Waals surface area (Å²) in [6, 6.07) is 9.10. The summed E-state index contributed by atoms with van der Waals surface area (Å²) in [5.41, 5.74) is 1.45. The molecule has 7 heteroatoms. The average Bonchev–Trinajstić information content (AvgIpc) is 2.70. The molecule has 4 rings (SSSR count). The number of methoxy groups -OCH3 is 1. The van der Waals surface area contributed by atoms with Gasteiger partial charge in [0.1, 0.15) is 5.75 Å². The van der Waals surface area contributed by atoms with E-state index < -0.39 is 0 Å². The Morgan fingerprint density at radius 1 is 1.11 bits per heavy atom. The molecule has 160 valence electrons. The van der Waals surface area contributed by atoms with Crippen LogP contribution in [0.15, 0.2) is 24.3 Å². The number of hydrogen-bond acceptors (Lipinski definition) is 5. The monoisotopic (exact) mass is 431 g/mol. The van der Waals surface area contributed by atoms with E-state index in [2.05, 4.69) is 33.3 Å². The Morgan fingerprint density at radius 3 is 2.54 bits per heavy atom. The highest BCUT2D eigenvalue weighted by molar-refractivity contribution is 5.85. The first kappa shape index (κ1) is 23.7. The standard InChI is InChI=1S/C21H33N3O2.2ClH/c1-25-20-5-3-2-4-18(20)17-23-11-13-24(14-12-23)19-6-15-26-21(16-19)7-9-22-10-8-21;;/h2-5,19,22H,6-17H2,1H3;2*1H.